The summed E-state index contributed by atoms with van der Waals surface area (Å²) in [6.45, 7) is 0. The number of carbonyl (C=O) groups is 4. The standard InChI is InChI=1S/C8H6O4.2C7H12O/c9-7(10)5-3-1-2-4-6(5)8(11)12;2*8-6-7-4-2-1-3-5-7/h1-4H,(H,9,10)(H,11,12);2*6-7H,1-5H2. The van der Waals surface area contributed by atoms with Gasteiger partial charge in [0.25, 0.3) is 0 Å². The van der Waals surface area contributed by atoms with Crippen LogP contribution in [-0.2, 0) is 9.59 Å². The van der Waals surface area contributed by atoms with Gasteiger partial charge in [-0.2, -0.15) is 0 Å². The van der Waals surface area contributed by atoms with E-state index >= 15 is 0 Å². The molecule has 1 aromatic carbocycles. The van der Waals surface area contributed by atoms with Gasteiger partial charge in [0.15, 0.2) is 0 Å². The molecule has 2 saturated carbocycles. The Morgan fingerprint density at radius 3 is 1.21 bits per heavy atom. The fourth-order valence-electron chi connectivity index (χ4n) is 3.40. The molecule has 154 valence electrons. The van der Waals surface area contributed by atoms with E-state index in [0.29, 0.717) is 11.8 Å². The Bertz CT molecular complexity index is 573. The van der Waals surface area contributed by atoms with Gasteiger partial charge in [-0.25, -0.2) is 9.59 Å². The van der Waals surface area contributed by atoms with Crippen LogP contribution in [0, 0.1) is 11.8 Å². The second kappa shape index (κ2) is 13.6. The van der Waals surface area contributed by atoms with Crippen molar-refractivity contribution in [3.8, 4) is 0 Å². The maximum absolute atomic E-state index is 10.5. The fourth-order valence-corrected chi connectivity index (χ4v) is 3.40. The van der Waals surface area contributed by atoms with E-state index in [2.05, 4.69) is 0 Å². The third-order valence-corrected chi connectivity index (χ3v) is 5.07. The van der Waals surface area contributed by atoms with E-state index in [0.717, 1.165) is 38.3 Å². The van der Waals surface area contributed by atoms with Gasteiger partial charge in [-0.1, -0.05) is 50.7 Å². The zero-order valence-corrected chi connectivity index (χ0v) is 16.2. The van der Waals surface area contributed by atoms with Crippen LogP contribution in [0.5, 0.6) is 0 Å². The normalized spacial score (nSPS) is 17.1. The highest BCUT2D eigenvalue weighted by Gasteiger charge is 2.14. The number of aromatic carboxylic acids is 2. The first-order valence-corrected chi connectivity index (χ1v) is 9.95. The number of carboxylic acid groups (broad SMARTS) is 2. The van der Waals surface area contributed by atoms with Gasteiger partial charge in [-0.3, -0.25) is 0 Å². The highest BCUT2D eigenvalue weighted by molar-refractivity contribution is 6.01. The summed E-state index contributed by atoms with van der Waals surface area (Å²) in [5, 5.41) is 17.1. The molecule has 2 fully saturated rings. The van der Waals surface area contributed by atoms with Crippen molar-refractivity contribution in [2.45, 2.75) is 64.2 Å². The van der Waals surface area contributed by atoms with Crippen LogP contribution in [0.3, 0.4) is 0 Å². The molecule has 0 spiro atoms. The summed E-state index contributed by atoms with van der Waals surface area (Å²) >= 11 is 0. The Morgan fingerprint density at radius 2 is 1.00 bits per heavy atom. The van der Waals surface area contributed by atoms with Gasteiger partial charge in [-0.15, -0.1) is 0 Å². The van der Waals surface area contributed by atoms with Crippen LogP contribution in [0.25, 0.3) is 0 Å². The number of carboxylic acids is 2. The molecule has 0 heterocycles. The van der Waals surface area contributed by atoms with Gasteiger partial charge in [0.1, 0.15) is 12.6 Å². The topological polar surface area (TPSA) is 109 Å². The predicted octanol–water partition coefficient (Wildman–Crippen LogP) is 4.61. The number of carbonyl (C=O) groups excluding carboxylic acids is 2. The molecule has 0 saturated heterocycles. The lowest BCUT2D eigenvalue weighted by atomic mass is 9.91. The van der Waals surface area contributed by atoms with Crippen LogP contribution >= 0.6 is 0 Å². The van der Waals surface area contributed by atoms with Crippen molar-refractivity contribution in [3.63, 3.8) is 0 Å². The smallest absolute Gasteiger partial charge is 0.336 e. The Labute approximate surface area is 166 Å². The third-order valence-electron chi connectivity index (χ3n) is 5.07. The fraction of sp³-hybridized carbons (Fsp3) is 0.545. The minimum Gasteiger partial charge on any atom is -0.478 e. The molecule has 28 heavy (non-hydrogen) atoms. The molecular weight excluding hydrogens is 360 g/mol. The zero-order chi connectivity index (χ0) is 20.8. The van der Waals surface area contributed by atoms with Gasteiger partial charge < -0.3 is 19.8 Å². The molecule has 0 atom stereocenters. The lowest BCUT2D eigenvalue weighted by Gasteiger charge is -2.14. The Hall–Kier alpha value is -2.50. The first kappa shape index (κ1) is 23.5. The predicted molar refractivity (Wildman–Crippen MR) is 106 cm³/mol. The molecule has 6 nitrogen and oxygen atoms in total. The first-order valence-electron chi connectivity index (χ1n) is 9.95. The number of hydrogen-bond donors (Lipinski definition) is 2. The number of aldehydes is 2. The maximum atomic E-state index is 10.5. The molecule has 0 unspecified atom stereocenters. The first-order chi connectivity index (χ1) is 13.5. The summed E-state index contributed by atoms with van der Waals surface area (Å²) in [7, 11) is 0. The molecule has 0 radical (unpaired) electrons. The zero-order valence-electron chi connectivity index (χ0n) is 16.2. The van der Waals surface area contributed by atoms with Gasteiger partial charge >= 0.3 is 11.9 Å². The van der Waals surface area contributed by atoms with E-state index in [1.807, 2.05) is 0 Å². The summed E-state index contributed by atoms with van der Waals surface area (Å²) in [6.07, 6.45) is 14.5. The van der Waals surface area contributed by atoms with Gasteiger partial charge in [-0.05, 0) is 37.8 Å². The van der Waals surface area contributed by atoms with Crippen molar-refractivity contribution in [2.24, 2.45) is 11.8 Å². The van der Waals surface area contributed by atoms with Crippen LogP contribution in [0.2, 0.25) is 0 Å². The van der Waals surface area contributed by atoms with Crippen molar-refractivity contribution in [1.82, 2.24) is 0 Å². The Kier molecular flexibility index (Phi) is 11.5. The van der Waals surface area contributed by atoms with Gasteiger partial charge in [0.05, 0.1) is 11.1 Å². The lowest BCUT2D eigenvalue weighted by molar-refractivity contribution is -0.112. The van der Waals surface area contributed by atoms with Crippen molar-refractivity contribution < 1.29 is 29.4 Å². The molecule has 2 N–H and O–H groups in total. The van der Waals surface area contributed by atoms with Crippen molar-refractivity contribution >= 4 is 24.5 Å². The van der Waals surface area contributed by atoms with Crippen LogP contribution in [0.15, 0.2) is 24.3 Å². The Balaban J connectivity index is 0.000000217. The van der Waals surface area contributed by atoms with Gasteiger partial charge in [0.2, 0.25) is 0 Å². The summed E-state index contributed by atoms with van der Waals surface area (Å²) < 4.78 is 0. The summed E-state index contributed by atoms with van der Waals surface area (Å²) in [6, 6.07) is 5.48. The molecular formula is C22H30O6. The Morgan fingerprint density at radius 1 is 0.679 bits per heavy atom. The van der Waals surface area contributed by atoms with E-state index in [1.54, 1.807) is 0 Å². The quantitative estimate of drug-likeness (QED) is 0.727. The van der Waals surface area contributed by atoms with E-state index in [1.165, 1.54) is 62.8 Å². The molecule has 2 aliphatic rings. The third kappa shape index (κ3) is 8.93. The molecule has 6 heteroatoms. The SMILES string of the molecule is O=C(O)c1ccccc1C(=O)O.O=CC1CCCCC1.O=CC1CCCCC1. The second-order valence-corrected chi connectivity index (χ2v) is 7.22. The van der Waals surface area contributed by atoms with Crippen LogP contribution in [0.4, 0.5) is 0 Å². The van der Waals surface area contributed by atoms with Crippen molar-refractivity contribution in [2.75, 3.05) is 0 Å². The number of rotatable bonds is 4. The summed E-state index contributed by atoms with van der Waals surface area (Å²) in [5.41, 5.74) is -0.380. The minimum absolute atomic E-state index is 0.190. The highest BCUT2D eigenvalue weighted by Crippen LogP contribution is 2.21. The van der Waals surface area contributed by atoms with Crippen molar-refractivity contribution in [3.05, 3.63) is 35.4 Å². The number of hydrogen-bond acceptors (Lipinski definition) is 4. The maximum Gasteiger partial charge on any atom is 0.336 e. The molecule has 2 aliphatic carbocycles. The van der Waals surface area contributed by atoms with E-state index in [4.69, 9.17) is 10.2 Å². The average Bonchev–Trinajstić information content (AvgIpc) is 2.75. The van der Waals surface area contributed by atoms with Crippen LogP contribution < -0.4 is 0 Å². The minimum atomic E-state index is -1.23. The average molecular weight is 390 g/mol. The summed E-state index contributed by atoms with van der Waals surface area (Å²) in [5.74, 6) is -1.64. The summed E-state index contributed by atoms with van der Waals surface area (Å²) in [4.78, 5) is 41.2. The van der Waals surface area contributed by atoms with E-state index < -0.39 is 11.9 Å². The molecule has 0 amide bonds. The molecule has 0 aliphatic heterocycles. The van der Waals surface area contributed by atoms with E-state index in [9.17, 15) is 19.2 Å². The highest BCUT2D eigenvalue weighted by atomic mass is 16.4. The lowest BCUT2D eigenvalue weighted by Crippen LogP contribution is -2.06. The monoisotopic (exact) mass is 390 g/mol. The molecule has 1 aromatic rings. The molecule has 0 aromatic heterocycles. The van der Waals surface area contributed by atoms with Gasteiger partial charge in [0, 0.05) is 11.8 Å². The second-order valence-electron chi connectivity index (χ2n) is 7.22. The number of benzene rings is 1. The van der Waals surface area contributed by atoms with Crippen LogP contribution in [0.1, 0.15) is 84.9 Å². The van der Waals surface area contributed by atoms with Crippen molar-refractivity contribution in [1.29, 1.82) is 0 Å². The van der Waals surface area contributed by atoms with E-state index in [-0.39, 0.29) is 11.1 Å². The molecule has 0 bridgehead atoms. The van der Waals surface area contributed by atoms with Crippen LogP contribution in [-0.4, -0.2) is 34.7 Å². The largest absolute Gasteiger partial charge is 0.478 e. The molecule has 3 rings (SSSR count).